The molecule has 0 bridgehead atoms. The molecule has 1 unspecified atom stereocenters. The Morgan fingerprint density at radius 3 is 3.04 bits per heavy atom. The van der Waals surface area contributed by atoms with Gasteiger partial charge in [-0.2, -0.15) is 5.26 Å². The summed E-state index contributed by atoms with van der Waals surface area (Å²) in [7, 11) is 0. The lowest BCUT2D eigenvalue weighted by Crippen LogP contribution is -2.39. The van der Waals surface area contributed by atoms with E-state index in [1.165, 1.54) is 5.56 Å². The lowest BCUT2D eigenvalue weighted by molar-refractivity contribution is 0.170. The van der Waals surface area contributed by atoms with Crippen molar-refractivity contribution in [1.82, 2.24) is 16.0 Å². The largest absolute Gasteiger partial charge is 0.489 e. The van der Waals surface area contributed by atoms with Gasteiger partial charge in [0.2, 0.25) is 12.2 Å². The molecular weight excluding hydrogens is 290 g/mol. The first-order valence-electron chi connectivity index (χ1n) is 8.23. The van der Waals surface area contributed by atoms with Crippen molar-refractivity contribution in [3.05, 3.63) is 29.8 Å². The zero-order valence-electron chi connectivity index (χ0n) is 13.6. The predicted molar refractivity (Wildman–Crippen MR) is 91.4 cm³/mol. The summed E-state index contributed by atoms with van der Waals surface area (Å²) < 4.78 is 6.00. The summed E-state index contributed by atoms with van der Waals surface area (Å²) in [6.07, 6.45) is 5.13. The van der Waals surface area contributed by atoms with E-state index < -0.39 is 0 Å². The summed E-state index contributed by atoms with van der Waals surface area (Å²) in [6.45, 7) is 5.25. The van der Waals surface area contributed by atoms with Crippen LogP contribution in [0.5, 0.6) is 5.75 Å². The molecule has 1 heterocycles. The molecule has 1 aromatic carbocycles. The zero-order valence-corrected chi connectivity index (χ0v) is 13.6. The van der Waals surface area contributed by atoms with Gasteiger partial charge in [-0.3, -0.25) is 0 Å². The van der Waals surface area contributed by atoms with Gasteiger partial charge in [0.05, 0.1) is 0 Å². The van der Waals surface area contributed by atoms with E-state index in [4.69, 9.17) is 10.00 Å². The Bertz CT molecular complexity index is 552. The van der Waals surface area contributed by atoms with Crippen molar-refractivity contribution < 1.29 is 4.74 Å². The van der Waals surface area contributed by atoms with Crippen molar-refractivity contribution in [1.29, 1.82) is 5.26 Å². The first-order valence-corrected chi connectivity index (χ1v) is 8.23. The van der Waals surface area contributed by atoms with Gasteiger partial charge < -0.3 is 20.7 Å². The number of hydrogen-bond acceptors (Lipinski definition) is 4. The Balaban J connectivity index is 1.58. The van der Waals surface area contributed by atoms with E-state index in [-0.39, 0.29) is 6.10 Å². The minimum absolute atomic E-state index is 0.246. The molecule has 0 spiro atoms. The second-order valence-corrected chi connectivity index (χ2v) is 5.46. The summed E-state index contributed by atoms with van der Waals surface area (Å²) in [6, 6.07) is 8.26. The molecule has 1 atom stereocenters. The van der Waals surface area contributed by atoms with Crippen LogP contribution in [-0.4, -0.2) is 38.2 Å². The van der Waals surface area contributed by atoms with Crippen LogP contribution in [-0.2, 0) is 6.42 Å². The van der Waals surface area contributed by atoms with Crippen LogP contribution in [0.1, 0.15) is 25.3 Å². The van der Waals surface area contributed by atoms with E-state index in [9.17, 15) is 0 Å². The van der Waals surface area contributed by atoms with Gasteiger partial charge in [-0.15, -0.1) is 4.99 Å². The summed E-state index contributed by atoms with van der Waals surface area (Å²) in [4.78, 5) is 3.69. The molecule has 6 heteroatoms. The minimum Gasteiger partial charge on any atom is -0.489 e. The lowest BCUT2D eigenvalue weighted by Gasteiger charge is -2.26. The average molecular weight is 315 g/mol. The van der Waals surface area contributed by atoms with E-state index in [2.05, 4.69) is 33.1 Å². The van der Waals surface area contributed by atoms with E-state index in [1.807, 2.05) is 19.1 Å². The number of para-hydroxylation sites is 1. The summed E-state index contributed by atoms with van der Waals surface area (Å²) in [5, 5.41) is 18.1. The van der Waals surface area contributed by atoms with E-state index >= 15 is 0 Å². The number of guanidine groups is 1. The monoisotopic (exact) mass is 315 g/mol. The van der Waals surface area contributed by atoms with Crippen LogP contribution in [0.3, 0.4) is 0 Å². The van der Waals surface area contributed by atoms with E-state index in [1.54, 1.807) is 6.19 Å². The number of aliphatic imine (C=N–C) groups is 1. The summed E-state index contributed by atoms with van der Waals surface area (Å²) in [5.74, 6) is 1.57. The topological polar surface area (TPSA) is 81.5 Å². The second-order valence-electron chi connectivity index (χ2n) is 5.46. The number of benzene rings is 1. The highest BCUT2D eigenvalue weighted by Gasteiger charge is 2.18. The van der Waals surface area contributed by atoms with Crippen molar-refractivity contribution in [2.45, 2.75) is 32.3 Å². The maximum atomic E-state index is 8.57. The number of nitrogens with one attached hydrogen (secondary N) is 3. The first kappa shape index (κ1) is 17.1. The number of ether oxygens (including phenoxy) is 1. The van der Waals surface area contributed by atoms with Crippen molar-refractivity contribution in [2.24, 2.45) is 4.99 Å². The standard InChI is InChI=1S/C17H25N5O/c1-2-20-17(22-13-18)21-11-5-10-19-12-15-9-8-14-6-3-4-7-16(14)23-15/h3-4,6-7,15,19H,2,5,8-12H2,1H3,(H2,20,21,22). The third-order valence-electron chi connectivity index (χ3n) is 3.70. The number of nitrogens with zero attached hydrogens (tertiary/aromatic N) is 2. The molecule has 1 aliphatic heterocycles. The number of nitriles is 1. The molecule has 1 aromatic rings. The maximum Gasteiger partial charge on any atom is 0.209 e. The van der Waals surface area contributed by atoms with Gasteiger partial charge in [0.15, 0.2) is 0 Å². The maximum absolute atomic E-state index is 8.57. The number of rotatable bonds is 7. The minimum atomic E-state index is 0.246. The highest BCUT2D eigenvalue weighted by Crippen LogP contribution is 2.26. The smallest absolute Gasteiger partial charge is 0.209 e. The molecule has 0 aromatic heterocycles. The van der Waals surface area contributed by atoms with Crippen LogP contribution >= 0.6 is 0 Å². The van der Waals surface area contributed by atoms with Crippen molar-refractivity contribution in [2.75, 3.05) is 26.2 Å². The molecule has 0 aliphatic carbocycles. The number of aryl methyl sites for hydroxylation is 1. The Morgan fingerprint density at radius 1 is 1.35 bits per heavy atom. The van der Waals surface area contributed by atoms with Gasteiger partial charge in [0.25, 0.3) is 0 Å². The molecule has 124 valence electrons. The van der Waals surface area contributed by atoms with Crippen molar-refractivity contribution in [3.63, 3.8) is 0 Å². The third kappa shape index (κ3) is 5.80. The van der Waals surface area contributed by atoms with Crippen LogP contribution in [0.15, 0.2) is 29.3 Å². The van der Waals surface area contributed by atoms with Gasteiger partial charge in [0, 0.05) is 19.6 Å². The van der Waals surface area contributed by atoms with Crippen LogP contribution in [0, 0.1) is 11.5 Å². The van der Waals surface area contributed by atoms with E-state index in [0.29, 0.717) is 5.96 Å². The Morgan fingerprint density at radius 2 is 2.22 bits per heavy atom. The predicted octanol–water partition coefficient (Wildman–Crippen LogP) is 1.40. The summed E-state index contributed by atoms with van der Waals surface area (Å²) >= 11 is 0. The average Bonchev–Trinajstić information content (AvgIpc) is 2.58. The quantitative estimate of drug-likeness (QED) is 0.307. The Hall–Kier alpha value is -2.26. The molecule has 0 saturated heterocycles. The zero-order chi connectivity index (χ0) is 16.3. The Kier molecular flexibility index (Phi) is 7.21. The first-order chi connectivity index (χ1) is 11.3. The number of hydrogen-bond donors (Lipinski definition) is 3. The summed E-state index contributed by atoms with van der Waals surface area (Å²) in [5.41, 5.74) is 1.31. The molecular formula is C17H25N5O. The molecule has 0 amide bonds. The molecule has 0 saturated carbocycles. The normalized spacial score (nSPS) is 16.9. The number of fused-ring (bicyclic) bond motifs is 1. The Labute approximate surface area is 137 Å². The van der Waals surface area contributed by atoms with Gasteiger partial charge >= 0.3 is 0 Å². The van der Waals surface area contributed by atoms with Gasteiger partial charge in [-0.05, 0) is 44.4 Å². The van der Waals surface area contributed by atoms with Gasteiger partial charge in [-0.1, -0.05) is 18.2 Å². The van der Waals surface area contributed by atoms with Crippen LogP contribution < -0.4 is 20.7 Å². The van der Waals surface area contributed by atoms with Gasteiger partial charge in [0.1, 0.15) is 11.9 Å². The third-order valence-corrected chi connectivity index (χ3v) is 3.70. The lowest BCUT2D eigenvalue weighted by atomic mass is 10.0. The molecule has 0 fully saturated rings. The van der Waals surface area contributed by atoms with Crippen molar-refractivity contribution >= 4 is 5.96 Å². The molecule has 0 radical (unpaired) electrons. The molecule has 6 nitrogen and oxygen atoms in total. The highest BCUT2D eigenvalue weighted by atomic mass is 16.5. The fourth-order valence-corrected chi connectivity index (χ4v) is 2.57. The van der Waals surface area contributed by atoms with Crippen molar-refractivity contribution in [3.8, 4) is 11.9 Å². The fourth-order valence-electron chi connectivity index (χ4n) is 2.57. The molecule has 1 aliphatic rings. The molecule has 2 rings (SSSR count). The highest BCUT2D eigenvalue weighted by molar-refractivity contribution is 5.80. The van der Waals surface area contributed by atoms with Gasteiger partial charge in [-0.25, -0.2) is 0 Å². The van der Waals surface area contributed by atoms with Crippen LogP contribution in [0.25, 0.3) is 0 Å². The second kappa shape index (κ2) is 9.70. The van der Waals surface area contributed by atoms with Crippen LogP contribution in [0.4, 0.5) is 0 Å². The van der Waals surface area contributed by atoms with E-state index in [0.717, 1.165) is 51.2 Å². The molecule has 3 N–H and O–H groups in total. The SMILES string of the molecule is CCNC(=NC#N)NCCCNCC1CCc2ccccc2O1. The molecule has 23 heavy (non-hydrogen) atoms. The van der Waals surface area contributed by atoms with Crippen LogP contribution in [0.2, 0.25) is 0 Å². The fraction of sp³-hybridized carbons (Fsp3) is 0.529.